The average molecular weight is 358 g/mol. The van der Waals surface area contributed by atoms with Gasteiger partial charge in [0.1, 0.15) is 17.6 Å². The summed E-state index contributed by atoms with van der Waals surface area (Å²) in [4.78, 5) is 26.7. The van der Waals surface area contributed by atoms with Crippen LogP contribution in [0.15, 0.2) is 47.1 Å². The van der Waals surface area contributed by atoms with Gasteiger partial charge in [0, 0.05) is 13.0 Å². The van der Waals surface area contributed by atoms with Gasteiger partial charge in [-0.3, -0.25) is 9.59 Å². The number of hydrogen-bond donors (Lipinski definition) is 1. The highest BCUT2D eigenvalue weighted by atomic mass is 16.5. The van der Waals surface area contributed by atoms with Crippen LogP contribution in [-0.4, -0.2) is 29.9 Å². The second kappa shape index (κ2) is 9.65. The molecule has 0 spiro atoms. The molecule has 0 aliphatic heterocycles. The first-order valence-corrected chi connectivity index (χ1v) is 8.77. The van der Waals surface area contributed by atoms with E-state index in [2.05, 4.69) is 5.32 Å². The molecule has 6 nitrogen and oxygen atoms in total. The first kappa shape index (κ1) is 19.6. The monoisotopic (exact) mass is 358 g/mol. The summed E-state index contributed by atoms with van der Waals surface area (Å²) in [6, 6.07) is 10.5. The van der Waals surface area contributed by atoms with E-state index in [1.165, 1.54) is 0 Å². The number of amides is 2. The summed E-state index contributed by atoms with van der Waals surface area (Å²) in [5.74, 6) is 1.18. The zero-order chi connectivity index (χ0) is 18.9. The van der Waals surface area contributed by atoms with Gasteiger partial charge in [-0.05, 0) is 43.2 Å². The van der Waals surface area contributed by atoms with E-state index in [1.807, 2.05) is 31.2 Å². The molecule has 140 valence electrons. The van der Waals surface area contributed by atoms with Crippen molar-refractivity contribution in [3.63, 3.8) is 0 Å². The van der Waals surface area contributed by atoms with Crippen molar-refractivity contribution in [2.75, 3.05) is 7.11 Å². The molecule has 1 aromatic heterocycles. The zero-order valence-corrected chi connectivity index (χ0v) is 15.5. The Bertz CT molecular complexity index is 695. The van der Waals surface area contributed by atoms with E-state index >= 15 is 0 Å². The molecular weight excluding hydrogens is 332 g/mol. The van der Waals surface area contributed by atoms with Crippen LogP contribution in [0.4, 0.5) is 0 Å². The van der Waals surface area contributed by atoms with E-state index in [4.69, 9.17) is 9.15 Å². The molecule has 1 aromatic carbocycles. The van der Waals surface area contributed by atoms with Crippen molar-refractivity contribution in [1.29, 1.82) is 0 Å². The summed E-state index contributed by atoms with van der Waals surface area (Å²) in [6.45, 7) is 4.37. The van der Waals surface area contributed by atoms with E-state index in [1.54, 1.807) is 37.3 Å². The minimum Gasteiger partial charge on any atom is -0.497 e. The number of nitrogens with one attached hydrogen (secondary N) is 1. The Labute approximate surface area is 154 Å². The van der Waals surface area contributed by atoms with Crippen molar-refractivity contribution in [3.8, 4) is 5.75 Å². The van der Waals surface area contributed by atoms with Crippen LogP contribution in [-0.2, 0) is 22.7 Å². The predicted octanol–water partition coefficient (Wildman–Crippen LogP) is 3.12. The Morgan fingerprint density at radius 2 is 1.96 bits per heavy atom. The molecule has 2 amide bonds. The van der Waals surface area contributed by atoms with Crippen molar-refractivity contribution < 1.29 is 18.7 Å². The number of benzene rings is 1. The number of carbonyl (C=O) groups is 2. The molecule has 0 fully saturated rings. The normalized spacial score (nSPS) is 11.7. The maximum atomic E-state index is 12.6. The number of furan rings is 1. The number of ether oxygens (including phenoxy) is 1. The second-order valence-corrected chi connectivity index (χ2v) is 6.09. The zero-order valence-electron chi connectivity index (χ0n) is 15.5. The number of methoxy groups -OCH3 is 1. The summed E-state index contributed by atoms with van der Waals surface area (Å²) in [5, 5.41) is 2.82. The summed E-state index contributed by atoms with van der Waals surface area (Å²) in [5.41, 5.74) is 0.945. The van der Waals surface area contributed by atoms with E-state index in [9.17, 15) is 9.59 Å². The fourth-order valence-corrected chi connectivity index (χ4v) is 2.60. The third-order valence-electron chi connectivity index (χ3n) is 4.16. The summed E-state index contributed by atoms with van der Waals surface area (Å²) < 4.78 is 10.4. The lowest BCUT2D eigenvalue weighted by Gasteiger charge is -2.28. The largest absolute Gasteiger partial charge is 0.497 e. The average Bonchev–Trinajstić information content (AvgIpc) is 3.18. The minimum atomic E-state index is -0.578. The van der Waals surface area contributed by atoms with Crippen LogP contribution in [0.2, 0.25) is 0 Å². The molecule has 0 bridgehead atoms. The highest BCUT2D eigenvalue weighted by molar-refractivity contribution is 5.87. The predicted molar refractivity (Wildman–Crippen MR) is 98.5 cm³/mol. The second-order valence-electron chi connectivity index (χ2n) is 6.09. The van der Waals surface area contributed by atoms with Crippen molar-refractivity contribution in [1.82, 2.24) is 10.2 Å². The van der Waals surface area contributed by atoms with E-state index < -0.39 is 6.04 Å². The van der Waals surface area contributed by atoms with Gasteiger partial charge in [0.05, 0.1) is 19.9 Å². The Kier molecular flexibility index (Phi) is 7.26. The SMILES string of the molecule is CCCC(=O)N(Cc1ccc(OC)cc1)[C@H](C)C(=O)NCc1ccco1. The van der Waals surface area contributed by atoms with Crippen LogP contribution in [0.1, 0.15) is 38.0 Å². The van der Waals surface area contributed by atoms with E-state index in [0.717, 1.165) is 17.7 Å². The van der Waals surface area contributed by atoms with Gasteiger partial charge in [-0.1, -0.05) is 19.1 Å². The van der Waals surface area contributed by atoms with Gasteiger partial charge in [0.15, 0.2) is 0 Å². The molecular formula is C20H26N2O4. The highest BCUT2D eigenvalue weighted by Crippen LogP contribution is 2.16. The molecule has 0 unspecified atom stereocenters. The Hall–Kier alpha value is -2.76. The fraction of sp³-hybridized carbons (Fsp3) is 0.400. The number of carbonyl (C=O) groups excluding carboxylic acids is 2. The van der Waals surface area contributed by atoms with Crippen LogP contribution in [0.3, 0.4) is 0 Å². The lowest BCUT2D eigenvalue weighted by Crippen LogP contribution is -2.47. The van der Waals surface area contributed by atoms with Gasteiger partial charge < -0.3 is 19.4 Å². The van der Waals surface area contributed by atoms with Crippen molar-refractivity contribution in [2.24, 2.45) is 0 Å². The molecule has 2 aromatic rings. The van der Waals surface area contributed by atoms with Crippen LogP contribution in [0.25, 0.3) is 0 Å². The standard InChI is InChI=1S/C20H26N2O4/c1-4-6-19(23)22(14-16-8-10-17(25-3)11-9-16)15(2)20(24)21-13-18-7-5-12-26-18/h5,7-12,15H,4,6,13-14H2,1-3H3,(H,21,24)/t15-/m1/s1. The Morgan fingerprint density at radius 3 is 2.54 bits per heavy atom. The number of rotatable bonds is 9. The molecule has 0 aliphatic rings. The van der Waals surface area contributed by atoms with Gasteiger partial charge in [0.2, 0.25) is 11.8 Å². The molecule has 0 saturated heterocycles. The lowest BCUT2D eigenvalue weighted by atomic mass is 10.1. The van der Waals surface area contributed by atoms with Gasteiger partial charge in [-0.2, -0.15) is 0 Å². The van der Waals surface area contributed by atoms with Gasteiger partial charge in [-0.25, -0.2) is 0 Å². The maximum Gasteiger partial charge on any atom is 0.242 e. The Balaban J connectivity index is 2.06. The summed E-state index contributed by atoms with van der Waals surface area (Å²) >= 11 is 0. The molecule has 2 rings (SSSR count). The van der Waals surface area contributed by atoms with Crippen LogP contribution >= 0.6 is 0 Å². The number of hydrogen-bond acceptors (Lipinski definition) is 4. The highest BCUT2D eigenvalue weighted by Gasteiger charge is 2.25. The van der Waals surface area contributed by atoms with Crippen molar-refractivity contribution in [3.05, 3.63) is 54.0 Å². The quantitative estimate of drug-likeness (QED) is 0.747. The third-order valence-corrected chi connectivity index (χ3v) is 4.16. The number of nitrogens with zero attached hydrogens (tertiary/aromatic N) is 1. The third kappa shape index (κ3) is 5.37. The van der Waals surface area contributed by atoms with Crippen LogP contribution < -0.4 is 10.1 Å². The summed E-state index contributed by atoms with van der Waals surface area (Å²) in [7, 11) is 1.61. The van der Waals surface area contributed by atoms with Crippen LogP contribution in [0.5, 0.6) is 5.75 Å². The van der Waals surface area contributed by atoms with E-state index in [-0.39, 0.29) is 11.8 Å². The van der Waals surface area contributed by atoms with Crippen molar-refractivity contribution >= 4 is 11.8 Å². The fourth-order valence-electron chi connectivity index (χ4n) is 2.60. The molecule has 0 saturated carbocycles. The van der Waals surface area contributed by atoms with E-state index in [0.29, 0.717) is 25.3 Å². The Morgan fingerprint density at radius 1 is 1.23 bits per heavy atom. The first-order chi connectivity index (χ1) is 12.5. The molecule has 26 heavy (non-hydrogen) atoms. The van der Waals surface area contributed by atoms with Gasteiger partial charge >= 0.3 is 0 Å². The maximum absolute atomic E-state index is 12.6. The van der Waals surface area contributed by atoms with Crippen molar-refractivity contribution in [2.45, 2.75) is 45.8 Å². The minimum absolute atomic E-state index is 0.0380. The van der Waals surface area contributed by atoms with Crippen LogP contribution in [0, 0.1) is 0 Å². The molecule has 1 N–H and O–H groups in total. The summed E-state index contributed by atoms with van der Waals surface area (Å²) in [6.07, 6.45) is 2.70. The first-order valence-electron chi connectivity index (χ1n) is 8.77. The smallest absolute Gasteiger partial charge is 0.242 e. The molecule has 1 heterocycles. The van der Waals surface area contributed by atoms with Gasteiger partial charge in [0.25, 0.3) is 0 Å². The molecule has 6 heteroatoms. The molecule has 1 atom stereocenters. The lowest BCUT2D eigenvalue weighted by molar-refractivity contribution is -0.140. The molecule has 0 radical (unpaired) electrons. The topological polar surface area (TPSA) is 71.8 Å². The van der Waals surface area contributed by atoms with Gasteiger partial charge in [-0.15, -0.1) is 0 Å². The molecule has 0 aliphatic carbocycles.